The summed E-state index contributed by atoms with van der Waals surface area (Å²) in [6, 6.07) is 5.75. The van der Waals surface area contributed by atoms with Gasteiger partial charge in [0.1, 0.15) is 0 Å². The number of allylic oxidation sites excluding steroid dienone is 4. The molecule has 1 aromatic rings. The standard InChI is InChI=1S/C16H18O4Si/c1-17-11-7-5-8-12(18-2)15(11)21-16-13(19-3)9-6-10-14(16)20-4/h5-10H,1-4H3. The minimum atomic E-state index is 0.299. The van der Waals surface area contributed by atoms with Gasteiger partial charge in [-0.25, -0.2) is 0 Å². The van der Waals surface area contributed by atoms with Crippen molar-refractivity contribution in [1.29, 1.82) is 0 Å². The fourth-order valence-corrected chi connectivity index (χ4v) is 3.56. The van der Waals surface area contributed by atoms with Crippen molar-refractivity contribution >= 4 is 25.3 Å². The van der Waals surface area contributed by atoms with Crippen LogP contribution in [0.25, 0.3) is 0 Å². The van der Waals surface area contributed by atoms with Crippen molar-refractivity contribution in [3.8, 4) is 11.5 Å². The van der Waals surface area contributed by atoms with Crippen LogP contribution in [0.15, 0.2) is 42.2 Å². The van der Waals surface area contributed by atoms with Crippen LogP contribution in [-0.4, -0.2) is 48.5 Å². The topological polar surface area (TPSA) is 39.0 Å². The van der Waals surface area contributed by atoms with Gasteiger partial charge in [0.25, 0.3) is 7.11 Å². The molecule has 0 spiro atoms. The number of hydrogen-bond donors (Lipinski definition) is 0. The summed E-state index contributed by atoms with van der Waals surface area (Å²) in [5.41, 5.74) is 0. The molecule has 110 valence electrons. The van der Waals surface area contributed by atoms with Crippen molar-refractivity contribution in [3.05, 3.63) is 42.2 Å². The number of rotatable bonds is 4. The lowest BCUT2D eigenvalue weighted by atomic mass is 10.1. The largest absolute Gasteiger partial charge is 0.500 e. The van der Waals surface area contributed by atoms with Gasteiger partial charge in [0.2, 0.25) is 0 Å². The summed E-state index contributed by atoms with van der Waals surface area (Å²) in [7, 11) is 6.92. The van der Waals surface area contributed by atoms with Crippen molar-refractivity contribution in [2.24, 2.45) is 0 Å². The molecule has 0 fully saturated rings. The summed E-state index contributed by atoms with van der Waals surface area (Å²) in [6.45, 7) is 0. The van der Waals surface area contributed by atoms with Crippen LogP contribution in [-0.2, 0) is 9.16 Å². The first-order chi connectivity index (χ1) is 10.2. The molecular weight excluding hydrogens is 284 g/mol. The molecule has 1 aliphatic carbocycles. The molecule has 0 unspecified atom stereocenters. The highest BCUT2D eigenvalue weighted by Crippen LogP contribution is 2.15. The Balaban J connectivity index is 2.61. The minimum Gasteiger partial charge on any atom is -0.500 e. The van der Waals surface area contributed by atoms with Crippen LogP contribution in [0, 0.1) is 0 Å². The Morgan fingerprint density at radius 3 is 2.19 bits per heavy atom. The van der Waals surface area contributed by atoms with E-state index in [0.29, 0.717) is 9.13 Å². The summed E-state index contributed by atoms with van der Waals surface area (Å²) in [4.78, 5) is 0. The average Bonchev–Trinajstić information content (AvgIpc) is 2.55. The van der Waals surface area contributed by atoms with Gasteiger partial charge in [-0.2, -0.15) is 0 Å². The molecule has 2 rings (SSSR count). The zero-order chi connectivity index (χ0) is 15.2. The van der Waals surface area contributed by atoms with Gasteiger partial charge in [0, 0.05) is 6.08 Å². The smallest absolute Gasteiger partial charge is 0.314 e. The Morgan fingerprint density at radius 2 is 1.67 bits per heavy atom. The highest BCUT2D eigenvalue weighted by atomic mass is 28.2. The predicted molar refractivity (Wildman–Crippen MR) is 85.1 cm³/mol. The first-order valence-electron chi connectivity index (χ1n) is 6.44. The van der Waals surface area contributed by atoms with Gasteiger partial charge in [-0.3, -0.25) is 4.42 Å². The Kier molecular flexibility index (Phi) is 5.11. The van der Waals surface area contributed by atoms with E-state index in [1.165, 1.54) is 0 Å². The molecule has 5 heteroatoms. The van der Waals surface area contributed by atoms with Gasteiger partial charge >= 0.3 is 5.78 Å². The van der Waals surface area contributed by atoms with Crippen LogP contribution in [0.5, 0.6) is 11.5 Å². The summed E-state index contributed by atoms with van der Waals surface area (Å²) >= 11 is 0. The Bertz CT molecular complexity index is 619. The molecule has 0 saturated heterocycles. The molecule has 0 saturated carbocycles. The van der Waals surface area contributed by atoms with Crippen LogP contribution in [0.3, 0.4) is 0 Å². The zero-order valence-electron chi connectivity index (χ0n) is 12.6. The second kappa shape index (κ2) is 7.03. The molecule has 0 atom stereocenters. The van der Waals surface area contributed by atoms with E-state index < -0.39 is 0 Å². The molecule has 0 bridgehead atoms. The third-order valence-corrected chi connectivity index (χ3v) is 4.59. The highest BCUT2D eigenvalue weighted by molar-refractivity contribution is 6.84. The van der Waals surface area contributed by atoms with E-state index in [2.05, 4.69) is 0 Å². The van der Waals surface area contributed by atoms with Crippen LogP contribution >= 0.6 is 0 Å². The van der Waals surface area contributed by atoms with Crippen molar-refractivity contribution in [2.75, 3.05) is 28.4 Å². The van der Waals surface area contributed by atoms with E-state index in [1.54, 1.807) is 28.4 Å². The maximum absolute atomic E-state index is 5.45. The lowest BCUT2D eigenvalue weighted by Gasteiger charge is -2.22. The van der Waals surface area contributed by atoms with E-state index in [-0.39, 0.29) is 0 Å². The van der Waals surface area contributed by atoms with Gasteiger partial charge < -0.3 is 23.3 Å². The van der Waals surface area contributed by atoms with E-state index in [0.717, 1.165) is 33.4 Å². The van der Waals surface area contributed by atoms with Crippen LogP contribution < -0.4 is 14.7 Å². The number of ether oxygens (including phenoxy) is 3. The highest BCUT2D eigenvalue weighted by Gasteiger charge is 2.15. The number of carbonyl (C=O) groups excluding carboxylic acids is 1. The van der Waals surface area contributed by atoms with Crippen molar-refractivity contribution in [3.63, 3.8) is 0 Å². The number of ketones is 1. The second-order valence-electron chi connectivity index (χ2n) is 4.20. The van der Waals surface area contributed by atoms with Crippen molar-refractivity contribution < 1.29 is 18.6 Å². The Labute approximate surface area is 126 Å². The summed E-state index contributed by atoms with van der Waals surface area (Å²) < 4.78 is 21.8. The third-order valence-electron chi connectivity index (χ3n) is 3.11. The summed E-state index contributed by atoms with van der Waals surface area (Å²) in [5.74, 6) is 3.17. The minimum absolute atomic E-state index is 0.299. The molecule has 4 nitrogen and oxygen atoms in total. The second-order valence-corrected chi connectivity index (χ2v) is 5.45. The molecule has 1 aromatic carbocycles. The SMILES string of the molecule is COC1=CC=CC(=[O+]C)C1=[Si-]c1c(OC)cccc1OC. The molecule has 21 heavy (non-hydrogen) atoms. The number of methoxy groups -OCH3 is 3. The van der Waals surface area contributed by atoms with Crippen molar-refractivity contribution in [2.45, 2.75) is 0 Å². The van der Waals surface area contributed by atoms with E-state index in [9.17, 15) is 0 Å². The van der Waals surface area contributed by atoms with Crippen LogP contribution in [0.4, 0.5) is 0 Å². The Hall–Kier alpha value is -2.14. The molecular formula is C16H18O4Si. The molecule has 1 aliphatic rings. The maximum atomic E-state index is 5.45. The van der Waals surface area contributed by atoms with E-state index in [4.69, 9.17) is 18.6 Å². The van der Waals surface area contributed by atoms with Gasteiger partial charge in [-0.05, 0) is 24.3 Å². The molecule has 0 N–H and O–H groups in total. The lowest BCUT2D eigenvalue weighted by molar-refractivity contribution is -0.416. The first kappa shape index (κ1) is 15.2. The predicted octanol–water partition coefficient (Wildman–Crippen LogP) is 1.04. The monoisotopic (exact) mass is 302 g/mol. The molecule has 0 radical (unpaired) electrons. The first-order valence-corrected chi connectivity index (χ1v) is 7.44. The maximum Gasteiger partial charge on any atom is 0.314 e. The van der Waals surface area contributed by atoms with E-state index >= 15 is 0 Å². The number of benzene rings is 1. The molecule has 0 amide bonds. The van der Waals surface area contributed by atoms with Gasteiger partial charge in [0.05, 0.1) is 38.6 Å². The fourth-order valence-electron chi connectivity index (χ4n) is 2.07. The molecule has 0 aliphatic heterocycles. The van der Waals surface area contributed by atoms with Gasteiger partial charge in [0.15, 0.2) is 0 Å². The quantitative estimate of drug-likeness (QED) is 0.616. The van der Waals surface area contributed by atoms with Gasteiger partial charge in [-0.1, -0.05) is 11.2 Å². The number of hydrogen-bond acceptors (Lipinski definition) is 3. The van der Waals surface area contributed by atoms with Crippen molar-refractivity contribution in [1.82, 2.24) is 0 Å². The fraction of sp³-hybridized carbons (Fsp3) is 0.250. The average molecular weight is 302 g/mol. The third kappa shape index (κ3) is 3.13. The van der Waals surface area contributed by atoms with Gasteiger partial charge in [-0.15, -0.1) is 5.19 Å². The molecule has 0 heterocycles. The van der Waals surface area contributed by atoms with E-state index in [1.807, 2.05) is 36.4 Å². The van der Waals surface area contributed by atoms with Crippen LogP contribution in [0.1, 0.15) is 0 Å². The normalized spacial score (nSPS) is 17.8. The summed E-state index contributed by atoms with van der Waals surface area (Å²) in [5, 5.41) is 1.98. The zero-order valence-corrected chi connectivity index (χ0v) is 13.6. The lowest BCUT2D eigenvalue weighted by Crippen LogP contribution is -2.29. The summed E-state index contributed by atoms with van der Waals surface area (Å²) in [6.07, 6.45) is 5.75. The Morgan fingerprint density at radius 1 is 1.00 bits per heavy atom. The molecule has 0 aromatic heterocycles. The van der Waals surface area contributed by atoms with Crippen LogP contribution in [0.2, 0.25) is 0 Å².